The van der Waals surface area contributed by atoms with E-state index in [2.05, 4.69) is 0 Å². The molecule has 0 aliphatic heterocycles. The van der Waals surface area contributed by atoms with E-state index in [0.29, 0.717) is 0 Å². The maximum atomic E-state index is 11.8. The Morgan fingerprint density at radius 2 is 2.00 bits per heavy atom. The molecule has 1 aromatic rings. The van der Waals surface area contributed by atoms with Crippen molar-refractivity contribution < 1.29 is 14.7 Å². The van der Waals surface area contributed by atoms with Gasteiger partial charge < -0.3 is 10.0 Å². The van der Waals surface area contributed by atoms with Crippen molar-refractivity contribution in [3.63, 3.8) is 0 Å². The number of rotatable bonds is 5. The molecule has 1 N–H and O–H groups in total. The minimum Gasteiger partial charge on any atom is -0.507 e. The number of aromatic hydroxyl groups is 1. The number of carbonyl (C=O) groups excluding carboxylic acids is 2. The summed E-state index contributed by atoms with van der Waals surface area (Å²) in [5, 5.41) is 9.65. The third-order valence-electron chi connectivity index (χ3n) is 2.30. The third kappa shape index (κ3) is 4.05. The summed E-state index contributed by atoms with van der Waals surface area (Å²) in [6.45, 7) is 1.49. The van der Waals surface area contributed by atoms with Gasteiger partial charge in [0.15, 0.2) is 5.78 Å². The van der Waals surface area contributed by atoms with Crippen LogP contribution in [0.3, 0.4) is 0 Å². The first-order valence-electron chi connectivity index (χ1n) is 5.60. The molecule has 0 aromatic heterocycles. The van der Waals surface area contributed by atoms with E-state index >= 15 is 0 Å². The van der Waals surface area contributed by atoms with Crippen LogP contribution in [0.25, 0.3) is 0 Å². The van der Waals surface area contributed by atoms with E-state index in [1.807, 2.05) is 0 Å². The Labute approximate surface area is 107 Å². The number of phenolic OH excluding ortho intramolecular Hbond substituents is 1. The van der Waals surface area contributed by atoms with Crippen molar-refractivity contribution in [1.29, 1.82) is 0 Å². The van der Waals surface area contributed by atoms with Gasteiger partial charge in [-0.1, -0.05) is 6.07 Å². The van der Waals surface area contributed by atoms with Crippen LogP contribution in [0.5, 0.6) is 5.75 Å². The number of carbonyl (C=O) groups is 2. The standard InChI is InChI=1S/C14H17NO3/c1-10(16)8-11-4-5-13(17)12(9-11)14(18)6-7-15(2)3/h4-7,9,17H,8H2,1-3H3/b7-6+. The van der Waals surface area contributed by atoms with Gasteiger partial charge >= 0.3 is 0 Å². The van der Waals surface area contributed by atoms with Crippen molar-refractivity contribution in [2.45, 2.75) is 13.3 Å². The molecule has 0 fully saturated rings. The highest BCUT2D eigenvalue weighted by Crippen LogP contribution is 2.20. The summed E-state index contributed by atoms with van der Waals surface area (Å²) in [5.41, 5.74) is 0.939. The number of hydrogen-bond donors (Lipinski definition) is 1. The number of hydrogen-bond acceptors (Lipinski definition) is 4. The predicted octanol–water partition coefficient (Wildman–Crippen LogP) is 1.78. The van der Waals surface area contributed by atoms with Gasteiger partial charge in [0, 0.05) is 32.8 Å². The number of allylic oxidation sites excluding steroid dienone is 1. The molecule has 18 heavy (non-hydrogen) atoms. The number of benzene rings is 1. The van der Waals surface area contributed by atoms with Crippen LogP contribution in [0.4, 0.5) is 0 Å². The molecule has 4 nitrogen and oxygen atoms in total. The van der Waals surface area contributed by atoms with Crippen molar-refractivity contribution in [3.8, 4) is 5.75 Å². The fraction of sp³-hybridized carbons (Fsp3) is 0.286. The van der Waals surface area contributed by atoms with Crippen LogP contribution in [0, 0.1) is 0 Å². The minimum atomic E-state index is -0.286. The van der Waals surface area contributed by atoms with Crippen LogP contribution in [0.15, 0.2) is 30.5 Å². The molecule has 0 heterocycles. The number of Topliss-reactive ketones (excluding diaryl/α,β-unsaturated/α-hetero) is 1. The second-order valence-electron chi connectivity index (χ2n) is 4.37. The van der Waals surface area contributed by atoms with Gasteiger partial charge in [-0.3, -0.25) is 9.59 Å². The Morgan fingerprint density at radius 1 is 1.33 bits per heavy atom. The highest BCUT2D eigenvalue weighted by molar-refractivity contribution is 6.06. The summed E-state index contributed by atoms with van der Waals surface area (Å²) < 4.78 is 0. The summed E-state index contributed by atoms with van der Waals surface area (Å²) in [5.74, 6) is -0.342. The number of phenols is 1. The zero-order valence-corrected chi connectivity index (χ0v) is 10.8. The fourth-order valence-corrected chi connectivity index (χ4v) is 1.48. The lowest BCUT2D eigenvalue weighted by Gasteiger charge is -2.06. The Morgan fingerprint density at radius 3 is 2.56 bits per heavy atom. The zero-order chi connectivity index (χ0) is 13.7. The van der Waals surface area contributed by atoms with Gasteiger partial charge in [-0.15, -0.1) is 0 Å². The molecule has 0 bridgehead atoms. The molecule has 1 aromatic carbocycles. The molecule has 0 aliphatic carbocycles. The quantitative estimate of drug-likeness (QED) is 0.636. The van der Waals surface area contributed by atoms with E-state index in [9.17, 15) is 14.7 Å². The summed E-state index contributed by atoms with van der Waals surface area (Å²) in [7, 11) is 3.60. The van der Waals surface area contributed by atoms with Gasteiger partial charge in [0.05, 0.1) is 5.56 Å². The maximum Gasteiger partial charge on any atom is 0.191 e. The fourth-order valence-electron chi connectivity index (χ4n) is 1.48. The van der Waals surface area contributed by atoms with Gasteiger partial charge in [-0.05, 0) is 24.6 Å². The summed E-state index contributed by atoms with van der Waals surface area (Å²) in [6, 6.07) is 4.64. The van der Waals surface area contributed by atoms with E-state index in [0.717, 1.165) is 5.56 Å². The smallest absolute Gasteiger partial charge is 0.191 e. The molecule has 0 radical (unpaired) electrons. The molecule has 0 saturated carbocycles. The molecule has 0 aliphatic rings. The number of ketones is 2. The van der Waals surface area contributed by atoms with Crippen LogP contribution >= 0.6 is 0 Å². The van der Waals surface area contributed by atoms with Gasteiger partial charge in [0.2, 0.25) is 0 Å². The molecule has 0 saturated heterocycles. The highest BCUT2D eigenvalue weighted by atomic mass is 16.3. The molecule has 1 rings (SSSR count). The van der Waals surface area contributed by atoms with Gasteiger partial charge in [-0.2, -0.15) is 0 Å². The molecule has 0 unspecified atom stereocenters. The lowest BCUT2D eigenvalue weighted by atomic mass is 10.0. The Balaban J connectivity index is 3.00. The van der Waals surface area contributed by atoms with Crippen LogP contribution in [-0.4, -0.2) is 35.7 Å². The lowest BCUT2D eigenvalue weighted by molar-refractivity contribution is -0.116. The zero-order valence-electron chi connectivity index (χ0n) is 10.8. The average molecular weight is 247 g/mol. The van der Waals surface area contributed by atoms with Crippen molar-refractivity contribution in [2.75, 3.05) is 14.1 Å². The van der Waals surface area contributed by atoms with E-state index < -0.39 is 0 Å². The first-order chi connectivity index (χ1) is 8.40. The van der Waals surface area contributed by atoms with Gasteiger partial charge in [0.25, 0.3) is 0 Å². The van der Waals surface area contributed by atoms with Crippen LogP contribution in [0.1, 0.15) is 22.8 Å². The highest BCUT2D eigenvalue weighted by Gasteiger charge is 2.10. The first-order valence-corrected chi connectivity index (χ1v) is 5.60. The van der Waals surface area contributed by atoms with E-state index in [1.54, 1.807) is 37.3 Å². The van der Waals surface area contributed by atoms with Gasteiger partial charge in [-0.25, -0.2) is 0 Å². The van der Waals surface area contributed by atoms with Crippen LogP contribution in [0.2, 0.25) is 0 Å². The van der Waals surface area contributed by atoms with Crippen molar-refractivity contribution in [1.82, 2.24) is 4.90 Å². The molecular weight excluding hydrogens is 230 g/mol. The summed E-state index contributed by atoms with van der Waals surface area (Å²) >= 11 is 0. The SMILES string of the molecule is CC(=O)Cc1ccc(O)c(C(=O)/C=C/N(C)C)c1. The van der Waals surface area contributed by atoms with Crippen LogP contribution < -0.4 is 0 Å². The summed E-state index contributed by atoms with van der Waals surface area (Å²) in [6.07, 6.45) is 3.25. The maximum absolute atomic E-state index is 11.8. The third-order valence-corrected chi connectivity index (χ3v) is 2.30. The van der Waals surface area contributed by atoms with Crippen LogP contribution in [-0.2, 0) is 11.2 Å². The topological polar surface area (TPSA) is 57.6 Å². The second kappa shape index (κ2) is 6.00. The van der Waals surface area contributed by atoms with E-state index in [1.165, 1.54) is 19.1 Å². The Bertz CT molecular complexity index is 490. The van der Waals surface area contributed by atoms with Gasteiger partial charge in [0.1, 0.15) is 11.5 Å². The van der Waals surface area contributed by atoms with E-state index in [4.69, 9.17) is 0 Å². The van der Waals surface area contributed by atoms with Crippen molar-refractivity contribution >= 4 is 11.6 Å². The Hall–Kier alpha value is -2.10. The summed E-state index contributed by atoms with van der Waals surface area (Å²) in [4.78, 5) is 24.6. The molecule has 0 atom stereocenters. The molecular formula is C14H17NO3. The van der Waals surface area contributed by atoms with E-state index in [-0.39, 0.29) is 29.3 Å². The molecule has 4 heteroatoms. The average Bonchev–Trinajstić information content (AvgIpc) is 2.28. The number of nitrogens with zero attached hydrogens (tertiary/aromatic N) is 1. The normalized spacial score (nSPS) is 10.6. The first kappa shape index (κ1) is 14.0. The molecule has 0 amide bonds. The minimum absolute atomic E-state index is 0.0166. The largest absolute Gasteiger partial charge is 0.507 e. The predicted molar refractivity (Wildman–Crippen MR) is 69.6 cm³/mol. The monoisotopic (exact) mass is 247 g/mol. The molecule has 96 valence electrons. The second-order valence-corrected chi connectivity index (χ2v) is 4.37. The van der Waals surface area contributed by atoms with Crippen molar-refractivity contribution in [3.05, 3.63) is 41.6 Å². The van der Waals surface area contributed by atoms with Crippen molar-refractivity contribution in [2.24, 2.45) is 0 Å². The lowest BCUT2D eigenvalue weighted by Crippen LogP contribution is -2.04. The molecule has 0 spiro atoms. The Kier molecular flexibility index (Phi) is 4.66.